The molecule has 0 bridgehead atoms. The highest BCUT2D eigenvalue weighted by molar-refractivity contribution is 6.30. The van der Waals surface area contributed by atoms with E-state index in [1.165, 1.54) is 5.56 Å². The van der Waals surface area contributed by atoms with E-state index in [0.717, 1.165) is 30.5 Å². The van der Waals surface area contributed by atoms with Gasteiger partial charge in [-0.15, -0.1) is 6.58 Å². The maximum atomic E-state index is 5.86. The average molecular weight is 262 g/mol. The first-order chi connectivity index (χ1) is 8.79. The van der Waals surface area contributed by atoms with Crippen LogP contribution < -0.4 is 5.32 Å². The van der Waals surface area contributed by atoms with Gasteiger partial charge in [0.1, 0.15) is 0 Å². The highest BCUT2D eigenvalue weighted by atomic mass is 35.5. The van der Waals surface area contributed by atoms with Gasteiger partial charge < -0.3 is 9.88 Å². The normalized spacial score (nSPS) is 10.3. The van der Waals surface area contributed by atoms with Gasteiger partial charge in [-0.25, -0.2) is 4.98 Å². The van der Waals surface area contributed by atoms with Crippen LogP contribution in [0.5, 0.6) is 0 Å². The van der Waals surface area contributed by atoms with Crippen molar-refractivity contribution in [3.63, 3.8) is 0 Å². The van der Waals surface area contributed by atoms with Gasteiger partial charge in [0.25, 0.3) is 0 Å². The molecule has 3 nitrogen and oxygen atoms in total. The predicted molar refractivity (Wildman–Crippen MR) is 76.1 cm³/mol. The highest BCUT2D eigenvalue weighted by Gasteiger charge is 2.01. The Bertz CT molecular complexity index is 502. The molecule has 0 amide bonds. The number of hydrogen-bond donors (Lipinski definition) is 1. The fourth-order valence-electron chi connectivity index (χ4n) is 1.72. The van der Waals surface area contributed by atoms with Crippen molar-refractivity contribution in [2.24, 2.45) is 0 Å². The molecule has 0 aliphatic heterocycles. The summed E-state index contributed by atoms with van der Waals surface area (Å²) in [5.74, 6) is 0.879. The Labute approximate surface area is 112 Å². The third-order valence-electron chi connectivity index (χ3n) is 2.67. The smallest absolute Gasteiger partial charge is 0.203 e. The number of nitrogens with one attached hydrogen (secondary N) is 1. The molecule has 1 heterocycles. The Morgan fingerprint density at radius 1 is 1.33 bits per heavy atom. The number of hydrogen-bond acceptors (Lipinski definition) is 2. The van der Waals surface area contributed by atoms with Crippen molar-refractivity contribution in [3.8, 4) is 0 Å². The zero-order valence-electron chi connectivity index (χ0n) is 10.1. The summed E-state index contributed by atoms with van der Waals surface area (Å²) in [6, 6.07) is 7.94. The number of aryl methyl sites for hydroxylation is 2. The SMILES string of the molecule is C=CCNc1nccn1CCc1ccc(Cl)cc1. The number of nitrogens with zero attached hydrogens (tertiary/aromatic N) is 2. The first kappa shape index (κ1) is 12.7. The lowest BCUT2D eigenvalue weighted by atomic mass is 10.1. The summed E-state index contributed by atoms with van der Waals surface area (Å²) in [6.45, 7) is 5.29. The molecular weight excluding hydrogens is 246 g/mol. The summed E-state index contributed by atoms with van der Waals surface area (Å²) in [5, 5.41) is 3.97. The summed E-state index contributed by atoms with van der Waals surface area (Å²) in [5.41, 5.74) is 1.27. The second-order valence-corrected chi connectivity index (χ2v) is 4.43. The largest absolute Gasteiger partial charge is 0.352 e. The van der Waals surface area contributed by atoms with Gasteiger partial charge in [0.05, 0.1) is 0 Å². The second kappa shape index (κ2) is 6.26. The lowest BCUT2D eigenvalue weighted by Crippen LogP contribution is -2.08. The van der Waals surface area contributed by atoms with E-state index >= 15 is 0 Å². The molecule has 0 aliphatic carbocycles. The maximum Gasteiger partial charge on any atom is 0.203 e. The van der Waals surface area contributed by atoms with Gasteiger partial charge >= 0.3 is 0 Å². The zero-order valence-corrected chi connectivity index (χ0v) is 10.9. The molecule has 1 aromatic heterocycles. The first-order valence-electron chi connectivity index (χ1n) is 5.90. The number of halogens is 1. The Morgan fingerprint density at radius 2 is 2.11 bits per heavy atom. The number of aromatic nitrogens is 2. The van der Waals surface area contributed by atoms with E-state index in [1.807, 2.05) is 24.4 Å². The van der Waals surface area contributed by atoms with Gasteiger partial charge in [0, 0.05) is 30.5 Å². The number of rotatable bonds is 6. The lowest BCUT2D eigenvalue weighted by Gasteiger charge is -2.08. The lowest BCUT2D eigenvalue weighted by molar-refractivity contribution is 0.701. The van der Waals surface area contributed by atoms with E-state index < -0.39 is 0 Å². The number of benzene rings is 1. The Balaban J connectivity index is 1.95. The average Bonchev–Trinajstić information content (AvgIpc) is 2.83. The van der Waals surface area contributed by atoms with E-state index in [9.17, 15) is 0 Å². The standard InChI is InChI=1S/C14H16ClN3/c1-2-8-16-14-17-9-11-18(14)10-7-12-3-5-13(15)6-4-12/h2-6,9,11H,1,7-8,10H2,(H,16,17). The molecule has 0 fully saturated rings. The summed E-state index contributed by atoms with van der Waals surface area (Å²) >= 11 is 5.86. The van der Waals surface area contributed by atoms with Crippen molar-refractivity contribution < 1.29 is 0 Å². The van der Waals surface area contributed by atoms with Crippen molar-refractivity contribution in [1.29, 1.82) is 0 Å². The molecule has 94 valence electrons. The second-order valence-electron chi connectivity index (χ2n) is 3.99. The number of imidazole rings is 1. The quantitative estimate of drug-likeness (QED) is 0.808. The fraction of sp³-hybridized carbons (Fsp3) is 0.214. The molecule has 0 unspecified atom stereocenters. The summed E-state index contributed by atoms with van der Waals surface area (Å²) < 4.78 is 2.10. The van der Waals surface area contributed by atoms with Crippen LogP contribution >= 0.6 is 11.6 Å². The minimum atomic E-state index is 0.720. The predicted octanol–water partition coefficient (Wildman–Crippen LogP) is 3.38. The monoisotopic (exact) mass is 261 g/mol. The molecule has 0 spiro atoms. The van der Waals surface area contributed by atoms with Gasteiger partial charge in [-0.05, 0) is 24.1 Å². The van der Waals surface area contributed by atoms with E-state index in [0.29, 0.717) is 0 Å². The molecule has 2 aromatic rings. The van der Waals surface area contributed by atoms with Crippen molar-refractivity contribution in [3.05, 3.63) is 59.9 Å². The number of anilines is 1. The van der Waals surface area contributed by atoms with Crippen LogP contribution in [0.25, 0.3) is 0 Å². The van der Waals surface area contributed by atoms with Crippen LogP contribution in [-0.2, 0) is 13.0 Å². The van der Waals surface area contributed by atoms with Gasteiger partial charge in [-0.2, -0.15) is 0 Å². The van der Waals surface area contributed by atoms with Gasteiger partial charge in [-0.1, -0.05) is 29.8 Å². The van der Waals surface area contributed by atoms with Gasteiger partial charge in [0.2, 0.25) is 5.95 Å². The molecule has 1 aromatic carbocycles. The van der Waals surface area contributed by atoms with Crippen LogP contribution in [0.15, 0.2) is 49.3 Å². The van der Waals surface area contributed by atoms with Crippen molar-refractivity contribution >= 4 is 17.5 Å². The molecule has 18 heavy (non-hydrogen) atoms. The van der Waals surface area contributed by atoms with Crippen molar-refractivity contribution in [2.75, 3.05) is 11.9 Å². The molecule has 0 saturated heterocycles. The van der Waals surface area contributed by atoms with Crippen molar-refractivity contribution in [2.45, 2.75) is 13.0 Å². The van der Waals surface area contributed by atoms with E-state index in [4.69, 9.17) is 11.6 Å². The molecule has 2 rings (SSSR count). The van der Waals surface area contributed by atoms with Gasteiger partial charge in [0.15, 0.2) is 0 Å². The van der Waals surface area contributed by atoms with Crippen LogP contribution in [-0.4, -0.2) is 16.1 Å². The Kier molecular flexibility index (Phi) is 4.42. The van der Waals surface area contributed by atoms with Crippen LogP contribution in [0, 0.1) is 0 Å². The maximum absolute atomic E-state index is 5.86. The minimum absolute atomic E-state index is 0.720. The first-order valence-corrected chi connectivity index (χ1v) is 6.28. The molecule has 1 N–H and O–H groups in total. The third-order valence-corrected chi connectivity index (χ3v) is 2.93. The third kappa shape index (κ3) is 3.37. The molecule has 0 aliphatic rings. The Morgan fingerprint density at radius 3 is 2.83 bits per heavy atom. The highest BCUT2D eigenvalue weighted by Crippen LogP contribution is 2.12. The molecule has 0 radical (unpaired) electrons. The topological polar surface area (TPSA) is 29.9 Å². The van der Waals surface area contributed by atoms with Crippen LogP contribution in [0.3, 0.4) is 0 Å². The summed E-state index contributed by atoms with van der Waals surface area (Å²) in [4.78, 5) is 4.26. The molecule has 0 atom stereocenters. The van der Waals surface area contributed by atoms with Crippen molar-refractivity contribution in [1.82, 2.24) is 9.55 Å². The van der Waals surface area contributed by atoms with Gasteiger partial charge in [-0.3, -0.25) is 0 Å². The van der Waals surface area contributed by atoms with E-state index in [1.54, 1.807) is 6.20 Å². The van der Waals surface area contributed by atoms with Crippen LogP contribution in [0.1, 0.15) is 5.56 Å². The van der Waals surface area contributed by atoms with E-state index in [-0.39, 0.29) is 0 Å². The fourth-order valence-corrected chi connectivity index (χ4v) is 1.85. The molecule has 0 saturated carbocycles. The summed E-state index contributed by atoms with van der Waals surface area (Å²) in [6.07, 6.45) is 6.54. The minimum Gasteiger partial charge on any atom is -0.352 e. The van der Waals surface area contributed by atoms with Crippen LogP contribution in [0.2, 0.25) is 5.02 Å². The van der Waals surface area contributed by atoms with Crippen LogP contribution in [0.4, 0.5) is 5.95 Å². The zero-order chi connectivity index (χ0) is 12.8. The Hall–Kier alpha value is -1.74. The summed E-state index contributed by atoms with van der Waals surface area (Å²) in [7, 11) is 0. The molecular formula is C14H16ClN3. The van der Waals surface area contributed by atoms with E-state index in [2.05, 4.69) is 33.6 Å². The molecule has 4 heteroatoms.